The first-order valence-electron chi connectivity index (χ1n) is 6.87. The van der Waals surface area contributed by atoms with Gasteiger partial charge in [0.1, 0.15) is 0 Å². The number of hydrogen-bond donors (Lipinski definition) is 1. The molecule has 0 atom stereocenters. The lowest BCUT2D eigenvalue weighted by Crippen LogP contribution is -2.31. The summed E-state index contributed by atoms with van der Waals surface area (Å²) in [6.45, 7) is 5.23. The molecule has 1 aromatic heterocycles. The Morgan fingerprint density at radius 1 is 1.22 bits per heavy atom. The van der Waals surface area contributed by atoms with Crippen LogP contribution in [0.25, 0.3) is 10.1 Å². The Balaban J connectivity index is 2.13. The van der Waals surface area contributed by atoms with Gasteiger partial charge in [-0.1, -0.05) is 25.0 Å². The minimum atomic E-state index is 0.264. The maximum Gasteiger partial charge on any atom is 0.0351 e. The molecular formula is C16H21NS. The molecule has 1 fully saturated rings. The van der Waals surface area contributed by atoms with E-state index in [0.717, 1.165) is 6.54 Å². The van der Waals surface area contributed by atoms with Crippen LogP contribution in [-0.2, 0) is 5.41 Å². The van der Waals surface area contributed by atoms with Crippen molar-refractivity contribution in [3.05, 3.63) is 34.2 Å². The van der Waals surface area contributed by atoms with Gasteiger partial charge in [-0.15, -0.1) is 11.3 Å². The van der Waals surface area contributed by atoms with E-state index < -0.39 is 0 Å². The van der Waals surface area contributed by atoms with E-state index in [9.17, 15) is 0 Å². The Hall–Kier alpha value is -0.860. The maximum atomic E-state index is 6.08. The first kappa shape index (κ1) is 12.2. The second kappa shape index (κ2) is 4.36. The normalized spacial score (nSPS) is 18.6. The highest BCUT2D eigenvalue weighted by molar-refractivity contribution is 7.19. The zero-order valence-electron chi connectivity index (χ0n) is 11.3. The molecule has 1 saturated carbocycles. The zero-order chi connectivity index (χ0) is 12.8. The van der Waals surface area contributed by atoms with Crippen LogP contribution in [0.1, 0.15) is 41.7 Å². The summed E-state index contributed by atoms with van der Waals surface area (Å²) in [6.07, 6.45) is 5.19. The van der Waals surface area contributed by atoms with E-state index in [1.165, 1.54) is 51.8 Å². The molecule has 18 heavy (non-hydrogen) atoms. The molecular weight excluding hydrogens is 238 g/mol. The molecule has 0 saturated heterocycles. The van der Waals surface area contributed by atoms with Gasteiger partial charge in [-0.3, -0.25) is 0 Å². The number of benzene rings is 1. The van der Waals surface area contributed by atoms with Gasteiger partial charge in [-0.05, 0) is 49.3 Å². The summed E-state index contributed by atoms with van der Waals surface area (Å²) in [5.74, 6) is 0. The summed E-state index contributed by atoms with van der Waals surface area (Å²) >= 11 is 1.92. The molecule has 0 bridgehead atoms. The predicted molar refractivity (Wildman–Crippen MR) is 80.5 cm³/mol. The highest BCUT2D eigenvalue weighted by atomic mass is 32.1. The van der Waals surface area contributed by atoms with E-state index in [1.54, 1.807) is 0 Å². The van der Waals surface area contributed by atoms with Crippen molar-refractivity contribution in [2.45, 2.75) is 44.9 Å². The monoisotopic (exact) mass is 259 g/mol. The van der Waals surface area contributed by atoms with Gasteiger partial charge in [-0.25, -0.2) is 0 Å². The smallest absolute Gasteiger partial charge is 0.0351 e. The Bertz CT molecular complexity index is 576. The number of aryl methyl sites for hydroxylation is 2. The van der Waals surface area contributed by atoms with E-state index >= 15 is 0 Å². The number of fused-ring (bicyclic) bond motifs is 1. The molecule has 0 unspecified atom stereocenters. The average molecular weight is 259 g/mol. The number of hydrogen-bond acceptors (Lipinski definition) is 2. The van der Waals surface area contributed by atoms with Gasteiger partial charge in [0.25, 0.3) is 0 Å². The molecule has 2 N–H and O–H groups in total. The van der Waals surface area contributed by atoms with Crippen molar-refractivity contribution in [1.29, 1.82) is 0 Å². The zero-order valence-corrected chi connectivity index (χ0v) is 12.1. The Labute approximate surface area is 113 Å². The fraction of sp³-hybridized carbons (Fsp3) is 0.500. The third-order valence-electron chi connectivity index (χ3n) is 4.74. The summed E-state index contributed by atoms with van der Waals surface area (Å²) in [7, 11) is 0. The van der Waals surface area contributed by atoms with Crippen molar-refractivity contribution in [2.75, 3.05) is 6.54 Å². The minimum Gasteiger partial charge on any atom is -0.330 e. The molecule has 3 rings (SSSR count). The molecule has 1 aliphatic carbocycles. The Morgan fingerprint density at radius 2 is 1.94 bits per heavy atom. The van der Waals surface area contributed by atoms with Crippen molar-refractivity contribution in [3.63, 3.8) is 0 Å². The van der Waals surface area contributed by atoms with Gasteiger partial charge in [0.05, 0.1) is 0 Å². The second-order valence-corrected chi connectivity index (χ2v) is 6.94. The van der Waals surface area contributed by atoms with Gasteiger partial charge in [0, 0.05) is 21.5 Å². The largest absolute Gasteiger partial charge is 0.330 e. The molecule has 1 aromatic carbocycles. The van der Waals surface area contributed by atoms with Crippen LogP contribution in [0.4, 0.5) is 0 Å². The second-order valence-electron chi connectivity index (χ2n) is 5.69. The Morgan fingerprint density at radius 3 is 2.61 bits per heavy atom. The lowest BCUT2D eigenvalue weighted by Gasteiger charge is -2.27. The molecule has 0 radical (unpaired) electrons. The third-order valence-corrected chi connectivity index (χ3v) is 5.91. The maximum absolute atomic E-state index is 6.08. The molecule has 0 spiro atoms. The van der Waals surface area contributed by atoms with Gasteiger partial charge >= 0.3 is 0 Å². The third kappa shape index (κ3) is 1.70. The summed E-state index contributed by atoms with van der Waals surface area (Å²) in [5.41, 5.74) is 9.26. The van der Waals surface area contributed by atoms with Gasteiger partial charge in [-0.2, -0.15) is 0 Å². The van der Waals surface area contributed by atoms with E-state index in [1.807, 2.05) is 11.3 Å². The Kier molecular flexibility index (Phi) is 2.95. The lowest BCUT2D eigenvalue weighted by atomic mass is 9.79. The molecule has 96 valence electrons. The fourth-order valence-corrected chi connectivity index (χ4v) is 4.45. The summed E-state index contributed by atoms with van der Waals surface area (Å²) in [4.78, 5) is 1.44. The average Bonchev–Trinajstić information content (AvgIpc) is 2.96. The van der Waals surface area contributed by atoms with Crippen molar-refractivity contribution in [2.24, 2.45) is 5.73 Å². The van der Waals surface area contributed by atoms with Crippen LogP contribution in [0.15, 0.2) is 18.2 Å². The van der Waals surface area contributed by atoms with Crippen LogP contribution in [0.3, 0.4) is 0 Å². The van der Waals surface area contributed by atoms with E-state index in [4.69, 9.17) is 5.73 Å². The molecule has 2 aromatic rings. The van der Waals surface area contributed by atoms with Gasteiger partial charge in [0.15, 0.2) is 0 Å². The molecule has 1 heterocycles. The predicted octanol–water partition coefficient (Wildman–Crippen LogP) is 4.29. The highest BCUT2D eigenvalue weighted by Gasteiger charge is 2.34. The summed E-state index contributed by atoms with van der Waals surface area (Å²) in [5, 5.41) is 1.42. The van der Waals surface area contributed by atoms with Crippen LogP contribution >= 0.6 is 11.3 Å². The van der Waals surface area contributed by atoms with Gasteiger partial charge in [0.2, 0.25) is 0 Å². The van der Waals surface area contributed by atoms with Crippen molar-refractivity contribution in [1.82, 2.24) is 0 Å². The van der Waals surface area contributed by atoms with Crippen molar-refractivity contribution < 1.29 is 0 Å². The number of nitrogens with two attached hydrogens (primary N) is 1. The molecule has 1 nitrogen and oxygen atoms in total. The first-order chi connectivity index (χ1) is 8.66. The molecule has 2 heteroatoms. The molecule has 0 amide bonds. The first-order valence-corrected chi connectivity index (χ1v) is 7.68. The van der Waals surface area contributed by atoms with Crippen LogP contribution in [0.2, 0.25) is 0 Å². The highest BCUT2D eigenvalue weighted by Crippen LogP contribution is 2.42. The fourth-order valence-electron chi connectivity index (χ4n) is 3.34. The van der Waals surface area contributed by atoms with Crippen LogP contribution in [0, 0.1) is 13.8 Å². The number of rotatable bonds is 2. The van der Waals surface area contributed by atoms with Crippen LogP contribution in [0.5, 0.6) is 0 Å². The van der Waals surface area contributed by atoms with Crippen LogP contribution < -0.4 is 5.73 Å². The van der Waals surface area contributed by atoms with Crippen molar-refractivity contribution >= 4 is 21.4 Å². The number of thiophene rings is 1. The molecule has 1 aliphatic rings. The minimum absolute atomic E-state index is 0.264. The topological polar surface area (TPSA) is 26.0 Å². The van der Waals surface area contributed by atoms with E-state index in [0.29, 0.717) is 0 Å². The SMILES string of the molecule is Cc1sc2cc(C3(CN)CCCC3)ccc2c1C. The van der Waals surface area contributed by atoms with E-state index in [2.05, 4.69) is 32.0 Å². The van der Waals surface area contributed by atoms with Crippen molar-refractivity contribution in [3.8, 4) is 0 Å². The summed E-state index contributed by atoms with van der Waals surface area (Å²) in [6, 6.07) is 7.02. The molecule has 0 aliphatic heterocycles. The van der Waals surface area contributed by atoms with E-state index in [-0.39, 0.29) is 5.41 Å². The van der Waals surface area contributed by atoms with Crippen LogP contribution in [-0.4, -0.2) is 6.54 Å². The lowest BCUT2D eigenvalue weighted by molar-refractivity contribution is 0.453. The standard InChI is InChI=1S/C16H21NS/c1-11-12(2)18-15-9-13(5-6-14(11)15)16(10-17)7-3-4-8-16/h5-6,9H,3-4,7-8,10,17H2,1-2H3. The quantitative estimate of drug-likeness (QED) is 0.855. The summed E-state index contributed by atoms with van der Waals surface area (Å²) < 4.78 is 1.43. The van der Waals surface area contributed by atoms with Gasteiger partial charge < -0.3 is 5.73 Å².